The Bertz CT molecular complexity index is 956. The van der Waals surface area contributed by atoms with E-state index in [0.29, 0.717) is 37.8 Å². The lowest BCUT2D eigenvalue weighted by Crippen LogP contribution is -2.39. The largest absolute Gasteiger partial charge is 0.508 e. The predicted molar refractivity (Wildman–Crippen MR) is 122 cm³/mol. The van der Waals surface area contributed by atoms with E-state index in [1.54, 1.807) is 13.1 Å². The molecule has 5 rings (SSSR count). The summed E-state index contributed by atoms with van der Waals surface area (Å²) in [7, 11) is 1.72. The molecule has 7 heteroatoms. The van der Waals surface area contributed by atoms with Crippen molar-refractivity contribution in [3.8, 4) is 5.75 Å². The summed E-state index contributed by atoms with van der Waals surface area (Å²) in [5, 5.41) is 16.9. The Kier molecular flexibility index (Phi) is 5.66. The molecule has 1 heterocycles. The summed E-state index contributed by atoms with van der Waals surface area (Å²) in [6, 6.07) is 3.83. The molecule has 1 saturated carbocycles. The molecular weight excluding hydrogens is 404 g/mol. The number of allylic oxidation sites excluding steroid dienone is 2. The second kappa shape index (κ2) is 8.60. The van der Waals surface area contributed by atoms with E-state index in [1.807, 2.05) is 6.07 Å². The minimum Gasteiger partial charge on any atom is -0.508 e. The molecule has 2 amide bonds. The minimum atomic E-state index is -0.121. The van der Waals surface area contributed by atoms with Crippen molar-refractivity contribution in [3.05, 3.63) is 41.0 Å². The van der Waals surface area contributed by atoms with Crippen LogP contribution in [0.4, 0.5) is 0 Å². The van der Waals surface area contributed by atoms with Gasteiger partial charge in [0.15, 0.2) is 5.96 Å². The molecule has 0 aromatic heterocycles. The first-order chi connectivity index (χ1) is 15.6. The van der Waals surface area contributed by atoms with E-state index in [4.69, 9.17) is 0 Å². The number of imide groups is 1. The first kappa shape index (κ1) is 21.0. The van der Waals surface area contributed by atoms with Crippen LogP contribution < -0.4 is 10.6 Å². The lowest BCUT2D eigenvalue weighted by atomic mass is 9.85. The monoisotopic (exact) mass is 436 g/mol. The zero-order valence-electron chi connectivity index (χ0n) is 18.6. The number of phenols is 1. The average molecular weight is 437 g/mol. The van der Waals surface area contributed by atoms with Gasteiger partial charge in [0, 0.05) is 32.2 Å². The van der Waals surface area contributed by atoms with E-state index in [2.05, 4.69) is 27.8 Å². The molecule has 7 nitrogen and oxygen atoms in total. The van der Waals surface area contributed by atoms with Crippen LogP contribution in [-0.4, -0.2) is 47.9 Å². The summed E-state index contributed by atoms with van der Waals surface area (Å²) in [6.07, 6.45) is 10.3. The summed E-state index contributed by atoms with van der Waals surface area (Å²) in [5.74, 6) is 1.28. The number of likely N-dealkylation sites (tertiary alicyclic amines) is 1. The number of aliphatic imine (C=N–C) groups is 1. The van der Waals surface area contributed by atoms with Gasteiger partial charge in [-0.15, -0.1) is 0 Å². The first-order valence-electron chi connectivity index (χ1n) is 11.9. The molecule has 1 aromatic carbocycles. The second-order valence-electron chi connectivity index (χ2n) is 9.44. The molecule has 32 heavy (non-hydrogen) atoms. The first-order valence-corrected chi connectivity index (χ1v) is 11.9. The summed E-state index contributed by atoms with van der Waals surface area (Å²) in [5.41, 5.74) is 3.55. The van der Waals surface area contributed by atoms with Gasteiger partial charge in [0.25, 0.3) is 0 Å². The maximum absolute atomic E-state index is 12.8. The third-order valence-electron chi connectivity index (χ3n) is 7.70. The lowest BCUT2D eigenvalue weighted by Gasteiger charge is -2.21. The molecule has 1 aliphatic heterocycles. The Balaban J connectivity index is 1.11. The maximum atomic E-state index is 12.8. The number of nitrogens with zero attached hydrogens (tertiary/aromatic N) is 2. The van der Waals surface area contributed by atoms with Gasteiger partial charge < -0.3 is 15.7 Å². The fourth-order valence-corrected chi connectivity index (χ4v) is 6.11. The van der Waals surface area contributed by atoms with Crippen molar-refractivity contribution in [2.45, 2.75) is 45.1 Å². The van der Waals surface area contributed by atoms with Crippen LogP contribution in [0.2, 0.25) is 0 Å². The van der Waals surface area contributed by atoms with Crippen molar-refractivity contribution in [2.75, 3.05) is 20.1 Å². The maximum Gasteiger partial charge on any atom is 0.233 e. The van der Waals surface area contributed by atoms with Gasteiger partial charge in [0.2, 0.25) is 11.8 Å². The molecule has 3 N–H and O–H groups in total. The summed E-state index contributed by atoms with van der Waals surface area (Å²) in [6.45, 7) is 1.56. The molecule has 2 fully saturated rings. The van der Waals surface area contributed by atoms with Crippen LogP contribution in [0.5, 0.6) is 5.75 Å². The number of amides is 2. The number of benzene rings is 1. The van der Waals surface area contributed by atoms with E-state index >= 15 is 0 Å². The predicted octanol–water partition coefficient (Wildman–Crippen LogP) is 2.13. The SMILES string of the molecule is CN=C(NCCCN1C(=O)C2C3C=CC(C3)C2C1=O)NCc1c(O)ccc2c1CCCC2. The van der Waals surface area contributed by atoms with Crippen LogP contribution >= 0.6 is 0 Å². The van der Waals surface area contributed by atoms with Gasteiger partial charge in [-0.2, -0.15) is 0 Å². The molecular formula is C25H32N4O3. The molecule has 170 valence electrons. The van der Waals surface area contributed by atoms with Gasteiger partial charge in [0.05, 0.1) is 11.8 Å². The molecule has 0 spiro atoms. The van der Waals surface area contributed by atoms with E-state index in [9.17, 15) is 14.7 Å². The fourth-order valence-electron chi connectivity index (χ4n) is 6.11. The van der Waals surface area contributed by atoms with Crippen molar-refractivity contribution < 1.29 is 14.7 Å². The number of aryl methyl sites for hydroxylation is 1. The molecule has 1 saturated heterocycles. The number of carbonyl (C=O) groups excluding carboxylic acids is 2. The third-order valence-corrected chi connectivity index (χ3v) is 7.70. The van der Waals surface area contributed by atoms with E-state index in [-0.39, 0.29) is 35.5 Å². The lowest BCUT2D eigenvalue weighted by molar-refractivity contribution is -0.140. The normalized spacial score (nSPS) is 28.3. The van der Waals surface area contributed by atoms with Crippen LogP contribution in [-0.2, 0) is 29.0 Å². The topological polar surface area (TPSA) is 94.0 Å². The molecule has 3 aliphatic carbocycles. The van der Waals surface area contributed by atoms with Crippen LogP contribution in [0.1, 0.15) is 42.4 Å². The number of aromatic hydroxyl groups is 1. The van der Waals surface area contributed by atoms with Gasteiger partial charge in [-0.05, 0) is 67.6 Å². The molecule has 4 aliphatic rings. The number of phenolic OH excluding ortho intramolecular Hbond substituents is 1. The number of carbonyl (C=O) groups is 2. The van der Waals surface area contributed by atoms with E-state index in [0.717, 1.165) is 31.2 Å². The Morgan fingerprint density at radius 3 is 2.53 bits per heavy atom. The van der Waals surface area contributed by atoms with Crippen LogP contribution in [0.3, 0.4) is 0 Å². The fraction of sp³-hybridized carbons (Fsp3) is 0.560. The molecule has 2 bridgehead atoms. The van der Waals surface area contributed by atoms with Crippen LogP contribution in [0, 0.1) is 23.7 Å². The van der Waals surface area contributed by atoms with E-state index in [1.165, 1.54) is 22.4 Å². The zero-order valence-corrected chi connectivity index (χ0v) is 18.6. The Labute approximate surface area is 189 Å². The molecule has 4 atom stereocenters. The molecule has 1 aromatic rings. The number of rotatable bonds is 6. The van der Waals surface area contributed by atoms with Crippen molar-refractivity contribution in [3.63, 3.8) is 0 Å². The van der Waals surface area contributed by atoms with Crippen molar-refractivity contribution in [1.29, 1.82) is 0 Å². The highest BCUT2D eigenvalue weighted by Crippen LogP contribution is 2.52. The van der Waals surface area contributed by atoms with Crippen LogP contribution in [0.25, 0.3) is 0 Å². The third kappa shape index (κ3) is 3.57. The molecule has 4 unspecified atom stereocenters. The van der Waals surface area contributed by atoms with Gasteiger partial charge in [-0.25, -0.2) is 0 Å². The second-order valence-corrected chi connectivity index (χ2v) is 9.44. The van der Waals surface area contributed by atoms with Crippen LogP contribution in [0.15, 0.2) is 29.3 Å². The standard InChI is InChI=1S/C25H32N4O3/c1-26-25(28-14-19-18-6-3-2-5-15(18)9-10-20(19)30)27-11-4-12-29-23(31)21-16-7-8-17(13-16)22(21)24(29)32/h7-10,16-17,21-22,30H,2-6,11-14H2,1H3,(H2,26,27,28). The zero-order chi connectivity index (χ0) is 22.2. The Hall–Kier alpha value is -2.83. The smallest absolute Gasteiger partial charge is 0.233 e. The number of nitrogens with one attached hydrogen (secondary N) is 2. The van der Waals surface area contributed by atoms with Gasteiger partial charge in [0.1, 0.15) is 5.75 Å². The summed E-state index contributed by atoms with van der Waals surface area (Å²) in [4.78, 5) is 31.3. The van der Waals surface area contributed by atoms with E-state index < -0.39 is 0 Å². The van der Waals surface area contributed by atoms with Gasteiger partial charge in [-0.3, -0.25) is 19.5 Å². The van der Waals surface area contributed by atoms with Crippen molar-refractivity contribution in [2.24, 2.45) is 28.7 Å². The number of guanidine groups is 1. The van der Waals surface area contributed by atoms with Gasteiger partial charge in [-0.1, -0.05) is 18.2 Å². The Morgan fingerprint density at radius 2 is 1.81 bits per heavy atom. The summed E-state index contributed by atoms with van der Waals surface area (Å²) < 4.78 is 0. The summed E-state index contributed by atoms with van der Waals surface area (Å²) >= 11 is 0. The average Bonchev–Trinajstić information content (AvgIpc) is 3.49. The Morgan fingerprint density at radius 1 is 1.09 bits per heavy atom. The number of hydrogen-bond acceptors (Lipinski definition) is 4. The van der Waals surface area contributed by atoms with Crippen molar-refractivity contribution in [1.82, 2.24) is 15.5 Å². The quantitative estimate of drug-likeness (QED) is 0.209. The molecule has 0 radical (unpaired) electrons. The highest BCUT2D eigenvalue weighted by atomic mass is 16.3. The number of fused-ring (bicyclic) bond motifs is 6. The van der Waals surface area contributed by atoms with Crippen molar-refractivity contribution >= 4 is 17.8 Å². The number of hydrogen-bond donors (Lipinski definition) is 3. The highest BCUT2D eigenvalue weighted by Gasteiger charge is 2.58. The van der Waals surface area contributed by atoms with Gasteiger partial charge >= 0.3 is 0 Å². The minimum absolute atomic E-state index is 0.0173. The highest BCUT2D eigenvalue weighted by molar-refractivity contribution is 6.06.